The lowest BCUT2D eigenvalue weighted by Gasteiger charge is -2.50. The molecule has 2 aliphatic rings. The molecule has 0 spiro atoms. The highest BCUT2D eigenvalue weighted by atomic mass is 19.4. The van der Waals surface area contributed by atoms with E-state index in [1.165, 1.54) is 19.2 Å². The first-order valence-corrected chi connectivity index (χ1v) is 8.63. The van der Waals surface area contributed by atoms with Gasteiger partial charge in [0.2, 0.25) is 0 Å². The first-order valence-electron chi connectivity index (χ1n) is 8.63. The summed E-state index contributed by atoms with van der Waals surface area (Å²) >= 11 is 0. The molecular formula is C18H23F3N2O2. The molecule has 1 amide bonds. The van der Waals surface area contributed by atoms with Crippen molar-refractivity contribution in [3.63, 3.8) is 0 Å². The summed E-state index contributed by atoms with van der Waals surface area (Å²) in [7, 11) is 1.32. The topological polar surface area (TPSA) is 41.6 Å². The van der Waals surface area contributed by atoms with Gasteiger partial charge in [-0.15, -0.1) is 0 Å². The van der Waals surface area contributed by atoms with Gasteiger partial charge < -0.3 is 10.1 Å². The van der Waals surface area contributed by atoms with E-state index >= 15 is 0 Å². The van der Waals surface area contributed by atoms with Gasteiger partial charge in [-0.3, -0.25) is 4.90 Å². The lowest BCUT2D eigenvalue weighted by Crippen LogP contribution is -2.57. The summed E-state index contributed by atoms with van der Waals surface area (Å²) in [6.07, 6.45) is -0.716. The smallest absolute Gasteiger partial charge is 0.416 e. The molecule has 1 atom stereocenters. The molecule has 0 aromatic heterocycles. The number of nitrogens with one attached hydrogen (secondary N) is 1. The van der Waals surface area contributed by atoms with Crippen LogP contribution in [0.3, 0.4) is 0 Å². The monoisotopic (exact) mass is 356 g/mol. The van der Waals surface area contributed by atoms with Crippen LogP contribution in [0.15, 0.2) is 24.3 Å². The molecule has 1 saturated carbocycles. The van der Waals surface area contributed by atoms with Crippen molar-refractivity contribution in [2.24, 2.45) is 0 Å². The molecule has 1 aliphatic carbocycles. The number of hydrogen-bond acceptors (Lipinski definition) is 3. The Morgan fingerprint density at radius 2 is 2.12 bits per heavy atom. The van der Waals surface area contributed by atoms with Crippen molar-refractivity contribution in [2.45, 2.75) is 49.9 Å². The average molecular weight is 356 g/mol. The Morgan fingerprint density at radius 1 is 1.36 bits per heavy atom. The maximum atomic E-state index is 13.1. The number of carbonyl (C=O) groups is 1. The van der Waals surface area contributed by atoms with E-state index in [9.17, 15) is 18.0 Å². The zero-order chi connectivity index (χ0) is 18.1. The third kappa shape index (κ3) is 3.47. The number of amides is 1. The van der Waals surface area contributed by atoms with Crippen LogP contribution in [-0.2, 0) is 16.5 Å². The van der Waals surface area contributed by atoms with Gasteiger partial charge in [-0.2, -0.15) is 13.2 Å². The highest BCUT2D eigenvalue weighted by Crippen LogP contribution is 2.48. The van der Waals surface area contributed by atoms with Gasteiger partial charge in [0.1, 0.15) is 0 Å². The van der Waals surface area contributed by atoms with Gasteiger partial charge in [0.15, 0.2) is 0 Å². The number of halogens is 3. The third-order valence-corrected chi connectivity index (χ3v) is 5.38. The highest BCUT2D eigenvalue weighted by molar-refractivity contribution is 5.69. The van der Waals surface area contributed by atoms with Crippen LogP contribution in [0.5, 0.6) is 0 Å². The van der Waals surface area contributed by atoms with Crippen molar-refractivity contribution in [2.75, 3.05) is 20.2 Å². The van der Waals surface area contributed by atoms with Crippen molar-refractivity contribution < 1.29 is 22.7 Å². The minimum Gasteiger partial charge on any atom is -0.453 e. The lowest BCUT2D eigenvalue weighted by atomic mass is 9.70. The van der Waals surface area contributed by atoms with Crippen LogP contribution < -0.4 is 5.32 Å². The molecule has 7 heteroatoms. The van der Waals surface area contributed by atoms with E-state index < -0.39 is 23.4 Å². The molecule has 0 radical (unpaired) electrons. The molecule has 0 unspecified atom stereocenters. The summed E-state index contributed by atoms with van der Waals surface area (Å²) in [6, 6.07) is 5.50. The molecule has 1 N–H and O–H groups in total. The Balaban J connectivity index is 1.95. The van der Waals surface area contributed by atoms with Crippen LogP contribution in [0.25, 0.3) is 0 Å². The largest absolute Gasteiger partial charge is 0.453 e. The first-order chi connectivity index (χ1) is 11.9. The average Bonchev–Trinajstić information content (AvgIpc) is 3.05. The van der Waals surface area contributed by atoms with Crippen LogP contribution in [-0.4, -0.2) is 37.2 Å². The number of rotatable bonds is 4. The molecule has 2 fully saturated rings. The van der Waals surface area contributed by atoms with Gasteiger partial charge in [-0.1, -0.05) is 12.1 Å². The van der Waals surface area contributed by atoms with Gasteiger partial charge >= 0.3 is 12.3 Å². The summed E-state index contributed by atoms with van der Waals surface area (Å²) in [4.78, 5) is 14.1. The zero-order valence-electron chi connectivity index (χ0n) is 14.2. The molecule has 4 nitrogen and oxygen atoms in total. The number of benzene rings is 1. The lowest BCUT2D eigenvalue weighted by molar-refractivity contribution is -0.137. The van der Waals surface area contributed by atoms with Crippen LogP contribution >= 0.6 is 0 Å². The van der Waals surface area contributed by atoms with E-state index in [1.54, 1.807) is 11.0 Å². The van der Waals surface area contributed by atoms with E-state index in [0.29, 0.717) is 24.9 Å². The van der Waals surface area contributed by atoms with Crippen molar-refractivity contribution in [1.82, 2.24) is 10.2 Å². The minimum atomic E-state index is -4.40. The fourth-order valence-corrected chi connectivity index (χ4v) is 3.88. The molecule has 0 bridgehead atoms. The minimum absolute atomic E-state index is 0.155. The van der Waals surface area contributed by atoms with Crippen LogP contribution in [0.2, 0.25) is 0 Å². The molecule has 3 rings (SSSR count). The molecule has 1 aromatic carbocycles. The third-order valence-electron chi connectivity index (χ3n) is 5.38. The predicted octanol–water partition coefficient (Wildman–Crippen LogP) is 3.91. The molecular weight excluding hydrogens is 333 g/mol. The molecule has 1 heterocycles. The Morgan fingerprint density at radius 3 is 2.64 bits per heavy atom. The highest BCUT2D eigenvalue weighted by Gasteiger charge is 2.48. The first kappa shape index (κ1) is 18.0. The van der Waals surface area contributed by atoms with Crippen LogP contribution in [0.1, 0.15) is 43.2 Å². The number of alkyl halides is 3. The number of carbonyl (C=O) groups excluding carboxylic acids is 1. The van der Waals surface area contributed by atoms with Crippen molar-refractivity contribution in [1.29, 1.82) is 0 Å². The number of nitrogens with zero attached hydrogens (tertiary/aromatic N) is 1. The maximum Gasteiger partial charge on any atom is 0.416 e. The van der Waals surface area contributed by atoms with E-state index in [2.05, 4.69) is 5.32 Å². The second-order valence-electron chi connectivity index (χ2n) is 6.84. The zero-order valence-corrected chi connectivity index (χ0v) is 14.2. The van der Waals surface area contributed by atoms with Crippen molar-refractivity contribution >= 4 is 6.09 Å². The van der Waals surface area contributed by atoms with Gasteiger partial charge in [0, 0.05) is 12.6 Å². The SMILES string of the molecule is COC(=O)N(C[C@@H]1CCCN1)C1(c2cccc(C(F)(F)F)c2)CCC1. The fourth-order valence-electron chi connectivity index (χ4n) is 3.88. The Kier molecular flexibility index (Phi) is 4.95. The second-order valence-corrected chi connectivity index (χ2v) is 6.84. The summed E-state index contributed by atoms with van der Waals surface area (Å²) in [5.74, 6) is 0. The molecule has 138 valence electrons. The number of ether oxygens (including phenoxy) is 1. The van der Waals surface area contributed by atoms with E-state index in [1.807, 2.05) is 0 Å². The Bertz CT molecular complexity index is 623. The van der Waals surface area contributed by atoms with Gasteiger partial charge in [0.25, 0.3) is 0 Å². The summed E-state index contributed by atoms with van der Waals surface area (Å²) in [5, 5.41) is 3.34. The normalized spacial score (nSPS) is 22.3. The maximum absolute atomic E-state index is 13.1. The molecule has 1 aliphatic heterocycles. The Labute approximate surface area is 145 Å². The van der Waals surface area contributed by atoms with Gasteiger partial charge in [0.05, 0.1) is 18.2 Å². The quantitative estimate of drug-likeness (QED) is 0.889. The summed E-state index contributed by atoms with van der Waals surface area (Å²) in [5.41, 5.74) is -0.851. The Hall–Kier alpha value is -1.76. The van der Waals surface area contributed by atoms with Crippen LogP contribution in [0.4, 0.5) is 18.0 Å². The van der Waals surface area contributed by atoms with Crippen molar-refractivity contribution in [3.05, 3.63) is 35.4 Å². The predicted molar refractivity (Wildman–Crippen MR) is 87.1 cm³/mol. The fraction of sp³-hybridized carbons (Fsp3) is 0.611. The number of methoxy groups -OCH3 is 1. The van der Waals surface area contributed by atoms with E-state index in [-0.39, 0.29) is 6.04 Å². The van der Waals surface area contributed by atoms with Crippen molar-refractivity contribution in [3.8, 4) is 0 Å². The molecule has 1 saturated heterocycles. The van der Waals surface area contributed by atoms with E-state index in [4.69, 9.17) is 4.74 Å². The number of hydrogen-bond donors (Lipinski definition) is 1. The second kappa shape index (κ2) is 6.86. The van der Waals surface area contributed by atoms with E-state index in [0.717, 1.165) is 31.9 Å². The summed E-state index contributed by atoms with van der Waals surface area (Å²) in [6.45, 7) is 1.35. The molecule has 25 heavy (non-hydrogen) atoms. The van der Waals surface area contributed by atoms with Gasteiger partial charge in [-0.25, -0.2) is 4.79 Å². The molecule has 1 aromatic rings. The summed E-state index contributed by atoms with van der Waals surface area (Å²) < 4.78 is 44.3. The van der Waals surface area contributed by atoms with Crippen LogP contribution in [0, 0.1) is 0 Å². The van der Waals surface area contributed by atoms with Gasteiger partial charge in [-0.05, 0) is 56.3 Å². The standard InChI is InChI=1S/C18H23F3N2O2/c1-25-16(24)23(12-15-7-3-10-22-15)17(8-4-9-17)13-5-2-6-14(11-13)18(19,20)21/h2,5-6,11,15,22H,3-4,7-10,12H2,1H3/t15-/m0/s1.